The van der Waals surface area contributed by atoms with E-state index in [1.807, 2.05) is 0 Å². The molecule has 0 bridgehead atoms. The highest BCUT2D eigenvalue weighted by atomic mass is 16.6. The highest BCUT2D eigenvalue weighted by Crippen LogP contribution is 2.16. The molecule has 0 aliphatic carbocycles. The Bertz CT molecular complexity index is 557. The molecule has 1 unspecified atom stereocenters. The second-order valence-corrected chi connectivity index (χ2v) is 11.7. The third kappa shape index (κ3) is 29.5. The smallest absolute Gasteiger partial charge is 0.345 e. The molecule has 39 heavy (non-hydrogen) atoms. The Morgan fingerprint density at radius 3 is 1.33 bits per heavy atom. The van der Waals surface area contributed by atoms with Crippen molar-refractivity contribution in [2.45, 2.75) is 200 Å². The van der Waals surface area contributed by atoms with E-state index < -0.39 is 12.1 Å². The van der Waals surface area contributed by atoms with E-state index in [0.29, 0.717) is 12.8 Å². The average molecular weight is 551 g/mol. The lowest BCUT2D eigenvalue weighted by atomic mass is 10.0. The van der Waals surface area contributed by atoms with E-state index in [1.54, 1.807) is 0 Å². The fourth-order valence-electron chi connectivity index (χ4n) is 5.14. The van der Waals surface area contributed by atoms with Crippen LogP contribution in [0.5, 0.6) is 0 Å². The van der Waals surface area contributed by atoms with Crippen LogP contribution < -0.4 is 0 Å². The van der Waals surface area contributed by atoms with Crippen molar-refractivity contribution in [1.82, 2.24) is 0 Å². The van der Waals surface area contributed by atoms with Gasteiger partial charge in [-0.25, -0.2) is 4.79 Å². The molecule has 0 radical (unpaired) electrons. The van der Waals surface area contributed by atoms with Crippen molar-refractivity contribution in [3.8, 4) is 0 Å². The van der Waals surface area contributed by atoms with Gasteiger partial charge in [-0.1, -0.05) is 154 Å². The molecule has 1 N–H and O–H groups in total. The maximum atomic E-state index is 12.1. The Balaban J connectivity index is 3.57. The van der Waals surface area contributed by atoms with Crippen molar-refractivity contribution in [2.24, 2.45) is 0 Å². The number of hydrogen-bond acceptors (Lipinski definition) is 3. The number of carboxylic acids is 1. The fourth-order valence-corrected chi connectivity index (χ4v) is 5.14. The molecule has 0 aromatic carbocycles. The number of unbranched alkanes of at least 4 members (excludes halogenated alkanes) is 23. The van der Waals surface area contributed by atoms with Gasteiger partial charge in [0.25, 0.3) is 0 Å². The minimum absolute atomic E-state index is 0.337. The molecule has 4 nitrogen and oxygen atoms in total. The lowest BCUT2D eigenvalue weighted by Gasteiger charge is -2.13. The zero-order valence-electron chi connectivity index (χ0n) is 26.2. The molecule has 0 saturated heterocycles. The van der Waals surface area contributed by atoms with Crippen LogP contribution in [-0.4, -0.2) is 23.1 Å². The molecule has 0 fully saturated rings. The molecule has 0 aromatic heterocycles. The number of aliphatic carboxylic acids is 1. The van der Waals surface area contributed by atoms with E-state index in [-0.39, 0.29) is 5.97 Å². The molecule has 0 aliphatic rings. The SMILES string of the molecule is CCCCCC/C=C\CCCCCCCCC(=O)OC(CCCCCCCCCCCCCCCC)C(=O)O. The molecule has 0 aliphatic heterocycles. The number of allylic oxidation sites excluding steroid dienone is 2. The number of carboxylic acid groups (broad SMARTS) is 1. The molecule has 1 atom stereocenters. The van der Waals surface area contributed by atoms with Crippen LogP contribution in [0.15, 0.2) is 12.2 Å². The Hall–Kier alpha value is -1.32. The summed E-state index contributed by atoms with van der Waals surface area (Å²) >= 11 is 0. The maximum absolute atomic E-state index is 12.1. The monoisotopic (exact) mass is 550 g/mol. The Morgan fingerprint density at radius 2 is 0.897 bits per heavy atom. The van der Waals surface area contributed by atoms with Crippen molar-refractivity contribution >= 4 is 11.9 Å². The summed E-state index contributed by atoms with van der Waals surface area (Å²) in [6, 6.07) is 0. The van der Waals surface area contributed by atoms with Gasteiger partial charge in [0.05, 0.1) is 0 Å². The van der Waals surface area contributed by atoms with Crippen LogP contribution >= 0.6 is 0 Å². The number of ether oxygens (including phenoxy) is 1. The van der Waals surface area contributed by atoms with Crippen LogP contribution in [0.3, 0.4) is 0 Å². The van der Waals surface area contributed by atoms with E-state index in [9.17, 15) is 14.7 Å². The highest BCUT2D eigenvalue weighted by Gasteiger charge is 2.21. The normalized spacial score (nSPS) is 12.3. The molecule has 0 heterocycles. The van der Waals surface area contributed by atoms with Gasteiger partial charge >= 0.3 is 11.9 Å². The summed E-state index contributed by atoms with van der Waals surface area (Å²) in [5, 5.41) is 9.44. The van der Waals surface area contributed by atoms with E-state index in [4.69, 9.17) is 4.74 Å². The summed E-state index contributed by atoms with van der Waals surface area (Å²) in [5.41, 5.74) is 0. The summed E-state index contributed by atoms with van der Waals surface area (Å²) in [5.74, 6) is -1.36. The third-order valence-corrected chi connectivity index (χ3v) is 7.76. The summed E-state index contributed by atoms with van der Waals surface area (Å²) in [7, 11) is 0. The number of rotatable bonds is 31. The van der Waals surface area contributed by atoms with Crippen LogP contribution in [-0.2, 0) is 14.3 Å². The van der Waals surface area contributed by atoms with Crippen LogP contribution in [0.4, 0.5) is 0 Å². The topological polar surface area (TPSA) is 63.6 Å². The standard InChI is InChI=1S/C35H66O4/c1-3-5-7-9-11-13-15-17-19-21-23-25-27-29-31-33(35(37)38)39-34(36)32-30-28-26-24-22-20-18-16-14-12-10-8-6-4-2/h14,16,33H,3-13,15,17-32H2,1-2H3,(H,37,38)/b16-14-. The molecule has 4 heteroatoms. The molecule has 0 saturated carbocycles. The predicted molar refractivity (Wildman–Crippen MR) is 167 cm³/mol. The zero-order valence-corrected chi connectivity index (χ0v) is 26.2. The van der Waals surface area contributed by atoms with Gasteiger partial charge in [-0.05, 0) is 44.9 Å². The predicted octanol–water partition coefficient (Wildman–Crippen LogP) is 11.5. The molecular weight excluding hydrogens is 484 g/mol. The van der Waals surface area contributed by atoms with Gasteiger partial charge in [0.15, 0.2) is 6.10 Å². The van der Waals surface area contributed by atoms with Gasteiger partial charge in [0, 0.05) is 6.42 Å². The van der Waals surface area contributed by atoms with Crippen LogP contribution in [0.25, 0.3) is 0 Å². The first-order valence-corrected chi connectivity index (χ1v) is 17.2. The number of hydrogen-bond donors (Lipinski definition) is 1. The van der Waals surface area contributed by atoms with Crippen LogP contribution in [0.1, 0.15) is 194 Å². The summed E-state index contributed by atoms with van der Waals surface area (Å²) in [4.78, 5) is 23.7. The molecule has 0 aromatic rings. The first kappa shape index (κ1) is 37.7. The van der Waals surface area contributed by atoms with Gasteiger partial charge < -0.3 is 9.84 Å². The van der Waals surface area contributed by atoms with Crippen molar-refractivity contribution in [2.75, 3.05) is 0 Å². The second-order valence-electron chi connectivity index (χ2n) is 11.7. The molecule has 0 rings (SSSR count). The van der Waals surface area contributed by atoms with Gasteiger partial charge in [0.1, 0.15) is 0 Å². The first-order valence-electron chi connectivity index (χ1n) is 17.2. The van der Waals surface area contributed by atoms with Crippen molar-refractivity contribution in [3.05, 3.63) is 12.2 Å². The molecule has 230 valence electrons. The summed E-state index contributed by atoms with van der Waals surface area (Å²) in [6.07, 6.45) is 36.6. The lowest BCUT2D eigenvalue weighted by Crippen LogP contribution is -2.27. The molecule has 0 spiro atoms. The van der Waals surface area contributed by atoms with Crippen molar-refractivity contribution in [3.63, 3.8) is 0 Å². The van der Waals surface area contributed by atoms with Gasteiger partial charge in [-0.3, -0.25) is 4.79 Å². The van der Waals surface area contributed by atoms with E-state index >= 15 is 0 Å². The minimum Gasteiger partial charge on any atom is -0.479 e. The summed E-state index contributed by atoms with van der Waals surface area (Å²) < 4.78 is 5.29. The highest BCUT2D eigenvalue weighted by molar-refractivity contribution is 5.77. The van der Waals surface area contributed by atoms with E-state index in [1.165, 1.54) is 128 Å². The van der Waals surface area contributed by atoms with Gasteiger partial charge in [0.2, 0.25) is 0 Å². The quantitative estimate of drug-likeness (QED) is 0.0529. The second kappa shape index (κ2) is 31.2. The van der Waals surface area contributed by atoms with Crippen molar-refractivity contribution in [1.29, 1.82) is 0 Å². The average Bonchev–Trinajstić information content (AvgIpc) is 2.92. The van der Waals surface area contributed by atoms with E-state index in [2.05, 4.69) is 26.0 Å². The fraction of sp³-hybridized carbons (Fsp3) is 0.886. The van der Waals surface area contributed by atoms with Gasteiger partial charge in [-0.2, -0.15) is 0 Å². The zero-order chi connectivity index (χ0) is 28.7. The number of carbonyl (C=O) groups excluding carboxylic acids is 1. The van der Waals surface area contributed by atoms with Crippen molar-refractivity contribution < 1.29 is 19.4 Å². The third-order valence-electron chi connectivity index (χ3n) is 7.76. The Labute approximate surface area is 243 Å². The summed E-state index contributed by atoms with van der Waals surface area (Å²) in [6.45, 7) is 4.51. The minimum atomic E-state index is -1.01. The maximum Gasteiger partial charge on any atom is 0.345 e. The number of carbonyl (C=O) groups is 2. The largest absolute Gasteiger partial charge is 0.479 e. The van der Waals surface area contributed by atoms with Crippen LogP contribution in [0, 0.1) is 0 Å². The molecule has 0 amide bonds. The number of esters is 1. The lowest BCUT2D eigenvalue weighted by molar-refractivity contribution is -0.164. The van der Waals surface area contributed by atoms with Gasteiger partial charge in [-0.15, -0.1) is 0 Å². The molecular formula is C35H66O4. The van der Waals surface area contributed by atoms with E-state index in [0.717, 1.165) is 38.5 Å². The van der Waals surface area contributed by atoms with Crippen LogP contribution in [0.2, 0.25) is 0 Å². The Morgan fingerprint density at radius 1 is 0.538 bits per heavy atom. The first-order chi connectivity index (χ1) is 19.1. The Kier molecular flexibility index (Phi) is 30.2.